The lowest BCUT2D eigenvalue weighted by molar-refractivity contribution is 0.102. The highest BCUT2D eigenvalue weighted by molar-refractivity contribution is 7.92. The van der Waals surface area contributed by atoms with E-state index < -0.39 is 15.9 Å². The molecular weight excluding hydrogens is 432 g/mol. The van der Waals surface area contributed by atoms with Gasteiger partial charge >= 0.3 is 0 Å². The fraction of sp³-hybridized carbons (Fsp3) is 0.211. The van der Waals surface area contributed by atoms with Crippen LogP contribution in [0.5, 0.6) is 0 Å². The van der Waals surface area contributed by atoms with Gasteiger partial charge < -0.3 is 0 Å². The monoisotopic (exact) mass is 450 g/mol. The van der Waals surface area contributed by atoms with Crippen LogP contribution in [-0.4, -0.2) is 24.5 Å². The molecule has 10 heteroatoms. The number of hydrogen-bond acceptors (Lipinski definition) is 6. The van der Waals surface area contributed by atoms with Crippen molar-refractivity contribution in [3.05, 3.63) is 64.1 Å². The third-order valence-corrected chi connectivity index (χ3v) is 6.55. The number of benzene rings is 2. The van der Waals surface area contributed by atoms with Crippen molar-refractivity contribution in [1.29, 1.82) is 0 Å². The normalized spacial score (nSPS) is 11.2. The summed E-state index contributed by atoms with van der Waals surface area (Å²) in [6.45, 7) is 2.09. The molecule has 2 aromatic carbocycles. The van der Waals surface area contributed by atoms with Crippen molar-refractivity contribution in [2.45, 2.75) is 31.1 Å². The van der Waals surface area contributed by atoms with E-state index in [1.165, 1.54) is 35.6 Å². The van der Waals surface area contributed by atoms with E-state index >= 15 is 0 Å². The van der Waals surface area contributed by atoms with Gasteiger partial charge in [0, 0.05) is 12.0 Å². The summed E-state index contributed by atoms with van der Waals surface area (Å²) in [5, 5.41) is 12.2. The molecule has 152 valence electrons. The lowest BCUT2D eigenvalue weighted by Crippen LogP contribution is -2.16. The Bertz CT molecular complexity index is 1120. The average Bonchev–Trinajstić information content (AvgIpc) is 3.15. The van der Waals surface area contributed by atoms with Gasteiger partial charge in [0.2, 0.25) is 5.13 Å². The number of carbonyl (C=O) groups excluding carboxylic acids is 1. The molecule has 0 bridgehead atoms. The zero-order valence-corrected chi connectivity index (χ0v) is 17.9. The quantitative estimate of drug-likeness (QED) is 0.522. The molecule has 0 atom stereocenters. The van der Waals surface area contributed by atoms with Crippen LogP contribution in [0, 0.1) is 0 Å². The molecule has 3 aromatic rings. The molecule has 29 heavy (non-hydrogen) atoms. The van der Waals surface area contributed by atoms with Crippen LogP contribution in [0.1, 0.15) is 35.1 Å². The van der Waals surface area contributed by atoms with Crippen LogP contribution in [0.3, 0.4) is 0 Å². The molecule has 0 saturated carbocycles. The van der Waals surface area contributed by atoms with Crippen molar-refractivity contribution in [3.63, 3.8) is 0 Å². The molecule has 0 saturated heterocycles. The first-order chi connectivity index (χ1) is 13.9. The van der Waals surface area contributed by atoms with Gasteiger partial charge in [0.05, 0.1) is 15.6 Å². The number of rotatable bonds is 8. The van der Waals surface area contributed by atoms with Crippen LogP contribution in [0.2, 0.25) is 5.02 Å². The van der Waals surface area contributed by atoms with Gasteiger partial charge in [-0.25, -0.2) is 8.42 Å². The van der Waals surface area contributed by atoms with Crippen molar-refractivity contribution in [2.75, 3.05) is 10.0 Å². The zero-order chi connectivity index (χ0) is 20.9. The molecule has 3 rings (SSSR count). The Hall–Kier alpha value is -2.49. The molecule has 0 unspecified atom stereocenters. The minimum Gasteiger partial charge on any atom is -0.296 e. The molecular formula is C19H19ClN4O3S2. The first-order valence-corrected chi connectivity index (χ1v) is 11.6. The number of sulfonamides is 1. The van der Waals surface area contributed by atoms with Gasteiger partial charge in [0.1, 0.15) is 5.01 Å². The van der Waals surface area contributed by atoms with Gasteiger partial charge in [-0.2, -0.15) is 0 Å². The van der Waals surface area contributed by atoms with E-state index in [0.717, 1.165) is 24.3 Å². The highest BCUT2D eigenvalue weighted by atomic mass is 35.5. The number of aromatic nitrogens is 2. The number of unbranched alkanes of at least 4 members (excludes halogenated alkanes) is 1. The third kappa shape index (κ3) is 5.53. The molecule has 2 N–H and O–H groups in total. The van der Waals surface area contributed by atoms with Crippen molar-refractivity contribution >= 4 is 49.7 Å². The molecule has 7 nitrogen and oxygen atoms in total. The van der Waals surface area contributed by atoms with Crippen molar-refractivity contribution in [1.82, 2.24) is 10.2 Å². The second kappa shape index (κ2) is 9.34. The van der Waals surface area contributed by atoms with Crippen LogP contribution in [-0.2, 0) is 16.4 Å². The Morgan fingerprint density at radius 3 is 2.69 bits per heavy atom. The Morgan fingerprint density at radius 1 is 1.14 bits per heavy atom. The minimum atomic E-state index is -3.91. The van der Waals surface area contributed by atoms with Gasteiger partial charge in [-0.1, -0.05) is 54.5 Å². The van der Waals surface area contributed by atoms with Crippen LogP contribution in [0.25, 0.3) is 0 Å². The van der Waals surface area contributed by atoms with Gasteiger partial charge in [-0.3, -0.25) is 14.8 Å². The number of hydrogen-bond donors (Lipinski definition) is 2. The maximum Gasteiger partial charge on any atom is 0.261 e. The number of nitrogens with zero attached hydrogens (tertiary/aromatic N) is 2. The molecule has 0 aliphatic heterocycles. The summed E-state index contributed by atoms with van der Waals surface area (Å²) in [6.07, 6.45) is 2.86. The summed E-state index contributed by atoms with van der Waals surface area (Å²) in [5.74, 6) is -0.460. The van der Waals surface area contributed by atoms with Gasteiger partial charge in [-0.15, -0.1) is 10.2 Å². The van der Waals surface area contributed by atoms with Crippen LogP contribution >= 0.6 is 22.9 Å². The second-order valence-electron chi connectivity index (χ2n) is 6.17. The summed E-state index contributed by atoms with van der Waals surface area (Å²) >= 11 is 7.33. The topological polar surface area (TPSA) is 101 Å². The van der Waals surface area contributed by atoms with Crippen LogP contribution in [0.4, 0.5) is 10.8 Å². The van der Waals surface area contributed by atoms with Crippen LogP contribution < -0.4 is 10.0 Å². The summed E-state index contributed by atoms with van der Waals surface area (Å²) in [5.41, 5.74) is 0.454. The average molecular weight is 451 g/mol. The van der Waals surface area contributed by atoms with E-state index in [2.05, 4.69) is 27.2 Å². The van der Waals surface area contributed by atoms with Crippen molar-refractivity contribution in [3.8, 4) is 0 Å². The van der Waals surface area contributed by atoms with Gasteiger partial charge in [0.25, 0.3) is 15.9 Å². The fourth-order valence-electron chi connectivity index (χ4n) is 2.45. The number of aryl methyl sites for hydroxylation is 1. The number of carbonyl (C=O) groups is 1. The molecule has 0 fully saturated rings. The van der Waals surface area contributed by atoms with E-state index in [4.69, 9.17) is 11.6 Å². The number of para-hydroxylation sites is 1. The van der Waals surface area contributed by atoms with E-state index in [1.807, 2.05) is 0 Å². The third-order valence-electron chi connectivity index (χ3n) is 3.96. The van der Waals surface area contributed by atoms with Crippen molar-refractivity contribution in [2.24, 2.45) is 0 Å². The summed E-state index contributed by atoms with van der Waals surface area (Å²) in [4.78, 5) is 12.5. The Kier molecular flexibility index (Phi) is 6.83. The Labute approximate surface area is 178 Å². The summed E-state index contributed by atoms with van der Waals surface area (Å²) < 4.78 is 27.8. The fourth-order valence-corrected chi connectivity index (χ4v) is 4.60. The first-order valence-electron chi connectivity index (χ1n) is 8.90. The second-order valence-corrected chi connectivity index (χ2v) is 9.32. The maximum atomic E-state index is 12.7. The highest BCUT2D eigenvalue weighted by Crippen LogP contribution is 2.24. The number of anilines is 2. The SMILES string of the molecule is CCCCc1nnc(NC(=O)c2cccc(S(=O)(=O)Nc3ccccc3Cl)c2)s1. The Balaban J connectivity index is 1.75. The number of amides is 1. The lowest BCUT2D eigenvalue weighted by Gasteiger charge is -2.10. The maximum absolute atomic E-state index is 12.7. The van der Waals surface area contributed by atoms with Crippen molar-refractivity contribution < 1.29 is 13.2 Å². The van der Waals surface area contributed by atoms with E-state index in [-0.39, 0.29) is 21.2 Å². The molecule has 0 aliphatic carbocycles. The Morgan fingerprint density at radius 2 is 1.93 bits per heavy atom. The largest absolute Gasteiger partial charge is 0.296 e. The lowest BCUT2D eigenvalue weighted by atomic mass is 10.2. The molecule has 1 heterocycles. The predicted molar refractivity (Wildman–Crippen MR) is 115 cm³/mol. The smallest absolute Gasteiger partial charge is 0.261 e. The van der Waals surface area contributed by atoms with E-state index in [9.17, 15) is 13.2 Å². The first kappa shape index (κ1) is 21.2. The number of halogens is 1. The number of nitrogens with one attached hydrogen (secondary N) is 2. The van der Waals surface area contributed by atoms with E-state index in [0.29, 0.717) is 5.13 Å². The zero-order valence-electron chi connectivity index (χ0n) is 15.6. The summed E-state index contributed by atoms with van der Waals surface area (Å²) in [7, 11) is -3.91. The summed E-state index contributed by atoms with van der Waals surface area (Å²) in [6, 6.07) is 12.3. The molecule has 0 aliphatic rings. The highest BCUT2D eigenvalue weighted by Gasteiger charge is 2.18. The van der Waals surface area contributed by atoms with E-state index in [1.54, 1.807) is 24.3 Å². The standard InChI is InChI=1S/C19H19ClN4O3S2/c1-2-3-11-17-22-23-19(28-17)21-18(25)13-7-6-8-14(12-13)29(26,27)24-16-10-5-4-9-15(16)20/h4-10,12,24H,2-3,11H2,1H3,(H,21,23,25). The molecule has 0 spiro atoms. The van der Waals surface area contributed by atoms with Crippen LogP contribution in [0.15, 0.2) is 53.4 Å². The van der Waals surface area contributed by atoms with Gasteiger partial charge in [0.15, 0.2) is 0 Å². The predicted octanol–water partition coefficient (Wildman–Crippen LogP) is 4.59. The molecule has 1 aromatic heterocycles. The molecule has 0 radical (unpaired) electrons. The molecule has 1 amide bonds. The minimum absolute atomic E-state index is 0.0500. The van der Waals surface area contributed by atoms with Gasteiger partial charge in [-0.05, 0) is 36.8 Å².